The molecule has 2 aliphatic carbocycles. The van der Waals surface area contributed by atoms with Gasteiger partial charge in [-0.3, -0.25) is 0 Å². The van der Waals surface area contributed by atoms with Crippen molar-refractivity contribution in [3.05, 3.63) is 198 Å². The summed E-state index contributed by atoms with van der Waals surface area (Å²) in [5.74, 6) is 0. The van der Waals surface area contributed by atoms with Crippen molar-refractivity contribution in [3.63, 3.8) is 0 Å². The van der Waals surface area contributed by atoms with Gasteiger partial charge in [0.2, 0.25) is 0 Å². The van der Waals surface area contributed by atoms with Gasteiger partial charge in [-0.25, -0.2) is 4.98 Å². The van der Waals surface area contributed by atoms with Gasteiger partial charge in [-0.15, -0.1) is 0 Å². The van der Waals surface area contributed by atoms with Crippen molar-refractivity contribution in [1.29, 1.82) is 0 Å². The fourth-order valence-corrected chi connectivity index (χ4v) is 9.11. The molecule has 258 valence electrons. The molecule has 0 unspecified atom stereocenters. The van der Waals surface area contributed by atoms with Crippen LogP contribution in [-0.2, 0) is 10.8 Å². The van der Waals surface area contributed by atoms with Gasteiger partial charge in [-0.1, -0.05) is 167 Å². The van der Waals surface area contributed by atoms with Gasteiger partial charge in [0.1, 0.15) is 0 Å². The highest BCUT2D eigenvalue weighted by Crippen LogP contribution is 2.51. The summed E-state index contributed by atoms with van der Waals surface area (Å²) in [7, 11) is 0. The molecule has 2 aliphatic rings. The van der Waals surface area contributed by atoms with Crippen molar-refractivity contribution in [2.45, 2.75) is 38.5 Å². The van der Waals surface area contributed by atoms with E-state index >= 15 is 0 Å². The molecule has 0 atom stereocenters. The number of hydrogen-bond donors (Lipinski definition) is 0. The lowest BCUT2D eigenvalue weighted by molar-refractivity contribution is 0.660. The Morgan fingerprint density at radius 2 is 0.667 bits per heavy atom. The number of aromatic nitrogens is 1. The Morgan fingerprint density at radius 3 is 1.22 bits per heavy atom. The van der Waals surface area contributed by atoms with Crippen LogP contribution in [0.15, 0.2) is 176 Å². The lowest BCUT2D eigenvalue weighted by atomic mass is 9.81. The molecule has 0 saturated carbocycles. The lowest BCUT2D eigenvalue weighted by Crippen LogP contribution is -2.14. The third-order valence-electron chi connectivity index (χ3n) is 12.1. The summed E-state index contributed by atoms with van der Waals surface area (Å²) >= 11 is 0. The van der Waals surface area contributed by atoms with Crippen LogP contribution in [0.1, 0.15) is 49.9 Å². The highest BCUT2D eigenvalue weighted by molar-refractivity contribution is 5.87. The summed E-state index contributed by atoms with van der Waals surface area (Å²) in [6.07, 6.45) is 0. The van der Waals surface area contributed by atoms with Gasteiger partial charge < -0.3 is 0 Å². The van der Waals surface area contributed by atoms with Crippen LogP contribution in [0.3, 0.4) is 0 Å². The normalized spacial score (nSPS) is 14.2. The third kappa shape index (κ3) is 5.11. The van der Waals surface area contributed by atoms with E-state index in [0.717, 1.165) is 28.1 Å². The van der Waals surface area contributed by atoms with Crippen LogP contribution in [0.5, 0.6) is 0 Å². The minimum Gasteiger partial charge on any atom is -0.248 e. The summed E-state index contributed by atoms with van der Waals surface area (Å²) in [6.45, 7) is 9.39. The molecule has 0 bridgehead atoms. The van der Waals surface area contributed by atoms with Gasteiger partial charge in [-0.05, 0) is 114 Å². The average Bonchev–Trinajstić information content (AvgIpc) is 3.60. The Kier molecular flexibility index (Phi) is 7.26. The van der Waals surface area contributed by atoms with Crippen LogP contribution in [0.4, 0.5) is 0 Å². The zero-order chi connectivity index (χ0) is 36.6. The minimum absolute atomic E-state index is 0.0420. The largest absolute Gasteiger partial charge is 0.248 e. The van der Waals surface area contributed by atoms with Crippen molar-refractivity contribution in [3.8, 4) is 78.1 Å². The van der Waals surface area contributed by atoms with E-state index in [1.165, 1.54) is 72.3 Å². The molecular weight excluding hydrogens is 651 g/mol. The first-order chi connectivity index (χ1) is 26.3. The quantitative estimate of drug-likeness (QED) is 0.175. The number of rotatable bonds is 5. The summed E-state index contributed by atoms with van der Waals surface area (Å²) in [5, 5.41) is 0. The Balaban J connectivity index is 1.05. The van der Waals surface area contributed by atoms with E-state index in [9.17, 15) is 0 Å². The maximum Gasteiger partial charge on any atom is 0.0715 e. The summed E-state index contributed by atoms with van der Waals surface area (Å²) in [5.41, 5.74) is 22.2. The van der Waals surface area contributed by atoms with Gasteiger partial charge in [0.15, 0.2) is 0 Å². The van der Waals surface area contributed by atoms with Crippen LogP contribution < -0.4 is 0 Å². The zero-order valence-corrected chi connectivity index (χ0v) is 31.2. The molecule has 10 rings (SSSR count). The Bertz CT molecular complexity index is 2600. The number of fused-ring (bicyclic) bond motifs is 6. The van der Waals surface area contributed by atoms with Gasteiger partial charge in [-0.2, -0.15) is 0 Å². The van der Waals surface area contributed by atoms with Crippen molar-refractivity contribution >= 4 is 0 Å². The van der Waals surface area contributed by atoms with E-state index in [-0.39, 0.29) is 10.8 Å². The second-order valence-corrected chi connectivity index (χ2v) is 16.0. The fourth-order valence-electron chi connectivity index (χ4n) is 9.11. The molecule has 0 aliphatic heterocycles. The number of nitrogens with zero attached hydrogens (tertiary/aromatic N) is 1. The SMILES string of the molecule is CC1(C)c2ccccc2-c2ccc(-c3cccc(-c4cc(-c5ccccc5)nc(-c5cccc(-c6ccc7c(c6)C(C)(C)c6ccccc6-7)c5)c4)c3)cc21. The van der Waals surface area contributed by atoms with Crippen molar-refractivity contribution in [1.82, 2.24) is 4.98 Å². The maximum atomic E-state index is 5.30. The molecule has 1 heteroatoms. The standard InChI is InChI=1S/C53H41N/c1-52(2)46-22-10-8-20-42(46)44-26-24-38(30-48(44)52)35-16-12-18-37(28-35)41-32-50(34-14-6-5-7-15-34)54-51(33-41)40-19-13-17-36(29-40)39-25-27-45-43-21-9-11-23-47(43)53(3,4)49(45)31-39/h5-33H,1-4H3. The predicted molar refractivity (Wildman–Crippen MR) is 227 cm³/mol. The van der Waals surface area contributed by atoms with Crippen LogP contribution >= 0.6 is 0 Å². The van der Waals surface area contributed by atoms with Crippen LogP contribution in [0, 0.1) is 0 Å². The van der Waals surface area contributed by atoms with Crippen LogP contribution in [0.25, 0.3) is 78.1 Å². The summed E-state index contributed by atoms with van der Waals surface area (Å²) in [4.78, 5) is 5.30. The minimum atomic E-state index is -0.0461. The van der Waals surface area contributed by atoms with E-state index in [4.69, 9.17) is 4.98 Å². The van der Waals surface area contributed by atoms with E-state index < -0.39 is 0 Å². The second kappa shape index (κ2) is 12.1. The maximum absolute atomic E-state index is 5.30. The second-order valence-electron chi connectivity index (χ2n) is 16.0. The molecule has 7 aromatic carbocycles. The molecule has 0 fully saturated rings. The molecule has 54 heavy (non-hydrogen) atoms. The van der Waals surface area contributed by atoms with E-state index in [1.807, 2.05) is 0 Å². The molecule has 8 aromatic rings. The van der Waals surface area contributed by atoms with E-state index in [1.54, 1.807) is 0 Å². The van der Waals surface area contributed by atoms with Crippen LogP contribution in [0.2, 0.25) is 0 Å². The summed E-state index contributed by atoms with van der Waals surface area (Å²) < 4.78 is 0. The lowest BCUT2D eigenvalue weighted by Gasteiger charge is -2.22. The predicted octanol–water partition coefficient (Wildman–Crippen LogP) is 14.0. The monoisotopic (exact) mass is 691 g/mol. The van der Waals surface area contributed by atoms with E-state index in [2.05, 4.69) is 204 Å². The topological polar surface area (TPSA) is 12.9 Å². The van der Waals surface area contributed by atoms with Crippen molar-refractivity contribution in [2.24, 2.45) is 0 Å². The van der Waals surface area contributed by atoms with Gasteiger partial charge in [0.25, 0.3) is 0 Å². The van der Waals surface area contributed by atoms with Gasteiger partial charge >= 0.3 is 0 Å². The molecule has 0 radical (unpaired) electrons. The Hall–Kier alpha value is -6.31. The average molecular weight is 692 g/mol. The summed E-state index contributed by atoms with van der Waals surface area (Å²) in [6, 6.07) is 64.6. The number of benzene rings is 7. The number of hydrogen-bond acceptors (Lipinski definition) is 1. The molecule has 1 aromatic heterocycles. The first-order valence-electron chi connectivity index (χ1n) is 19.0. The van der Waals surface area contributed by atoms with Gasteiger partial charge in [0.05, 0.1) is 11.4 Å². The molecule has 0 amide bonds. The Morgan fingerprint density at radius 1 is 0.278 bits per heavy atom. The fraction of sp³-hybridized carbons (Fsp3) is 0.113. The van der Waals surface area contributed by atoms with Gasteiger partial charge in [0, 0.05) is 22.0 Å². The molecular formula is C53H41N. The first-order valence-corrected chi connectivity index (χ1v) is 19.0. The van der Waals surface area contributed by atoms with Crippen molar-refractivity contribution in [2.75, 3.05) is 0 Å². The molecule has 0 spiro atoms. The Labute approximate surface area is 318 Å². The molecule has 1 heterocycles. The molecule has 0 saturated heterocycles. The highest BCUT2D eigenvalue weighted by atomic mass is 14.7. The van der Waals surface area contributed by atoms with E-state index in [0.29, 0.717) is 0 Å². The smallest absolute Gasteiger partial charge is 0.0715 e. The molecule has 0 N–H and O–H groups in total. The highest BCUT2D eigenvalue weighted by Gasteiger charge is 2.36. The number of pyridine rings is 1. The van der Waals surface area contributed by atoms with Crippen LogP contribution in [-0.4, -0.2) is 4.98 Å². The third-order valence-corrected chi connectivity index (χ3v) is 12.1. The zero-order valence-electron chi connectivity index (χ0n) is 31.2. The first kappa shape index (κ1) is 32.3. The molecule has 1 nitrogen and oxygen atoms in total. The van der Waals surface area contributed by atoms with Crippen molar-refractivity contribution < 1.29 is 0 Å².